The summed E-state index contributed by atoms with van der Waals surface area (Å²) in [6.07, 6.45) is 2.98. The van der Waals surface area contributed by atoms with Gasteiger partial charge < -0.3 is 19.2 Å². The summed E-state index contributed by atoms with van der Waals surface area (Å²) in [5.74, 6) is 0. The van der Waals surface area contributed by atoms with Crippen LogP contribution in [0.15, 0.2) is 290 Å². The Kier molecular flexibility index (Phi) is 13.0. The maximum atomic E-state index is 6.93. The molecule has 0 amide bonds. The molecule has 0 bridgehead atoms. The molecule has 15 aromatic rings. The van der Waals surface area contributed by atoms with E-state index in [1.54, 1.807) is 0 Å². The molecule has 434 valence electrons. The molecule has 0 spiro atoms. The zero-order valence-electron chi connectivity index (χ0n) is 51.6. The smallest absolute Gasteiger partial charge is 0.252 e. The third kappa shape index (κ3) is 8.97. The predicted octanol–water partition coefficient (Wildman–Crippen LogP) is 21.7. The van der Waals surface area contributed by atoms with Crippen molar-refractivity contribution < 1.29 is 4.42 Å². The minimum Gasteiger partial charge on any atom is -0.456 e. The van der Waals surface area contributed by atoms with E-state index in [1.165, 1.54) is 82.7 Å². The number of nitrogens with one attached hydrogen (secondary N) is 1. The lowest BCUT2D eigenvalue weighted by atomic mass is 9.33. The van der Waals surface area contributed by atoms with Crippen LogP contribution in [0.2, 0.25) is 0 Å². The van der Waals surface area contributed by atoms with E-state index in [0.29, 0.717) is 0 Å². The highest BCUT2D eigenvalue weighted by Gasteiger charge is 2.44. The van der Waals surface area contributed by atoms with E-state index >= 15 is 0 Å². The van der Waals surface area contributed by atoms with E-state index in [1.807, 2.05) is 0 Å². The molecule has 0 atom stereocenters. The zero-order valence-corrected chi connectivity index (χ0v) is 51.6. The molecule has 2 aromatic heterocycles. The summed E-state index contributed by atoms with van der Waals surface area (Å²) < 4.78 is 9.42. The summed E-state index contributed by atoms with van der Waals surface area (Å²) in [6, 6.07) is 106. The molecule has 2 aliphatic heterocycles. The third-order valence-corrected chi connectivity index (χ3v) is 19.3. The maximum Gasteiger partial charge on any atom is 0.252 e. The number of benzene rings is 13. The molecule has 91 heavy (non-hydrogen) atoms. The van der Waals surface area contributed by atoms with Crippen molar-refractivity contribution >= 4 is 95.3 Å². The second-order valence-corrected chi connectivity index (χ2v) is 25.8. The minimum atomic E-state index is -0.247. The Labute approximate surface area is 532 Å². The molecular weight excluding hydrogens is 1100 g/mol. The zero-order chi connectivity index (χ0) is 60.9. The molecule has 0 radical (unpaired) electrons. The van der Waals surface area contributed by atoms with E-state index in [-0.39, 0.29) is 12.1 Å². The van der Waals surface area contributed by atoms with Gasteiger partial charge in [-0.3, -0.25) is 0 Å². The summed E-state index contributed by atoms with van der Waals surface area (Å²) in [5.41, 5.74) is 31.0. The van der Waals surface area contributed by atoms with Gasteiger partial charge in [-0.05, 0) is 157 Å². The Hall–Kier alpha value is -10.9. The van der Waals surface area contributed by atoms with Gasteiger partial charge in [0.1, 0.15) is 11.2 Å². The van der Waals surface area contributed by atoms with Gasteiger partial charge in [0, 0.05) is 72.2 Å². The van der Waals surface area contributed by atoms with E-state index in [2.05, 4.69) is 328 Å². The van der Waals surface area contributed by atoms with Crippen molar-refractivity contribution in [3.8, 4) is 72.4 Å². The lowest BCUT2D eigenvalue weighted by molar-refractivity contribution is 0.591. The monoisotopic (exact) mass is 1170 g/mol. The van der Waals surface area contributed by atoms with Crippen LogP contribution in [0.5, 0.6) is 0 Å². The van der Waals surface area contributed by atoms with Crippen molar-refractivity contribution in [1.29, 1.82) is 0 Å². The SMILES string of the molecule is CCCCc1cc2oc3ccccc3c2c(-c2ccccc2)c1-c1cc(-c2ccccc2)cc2c1Nc1cc(C(C)(C)C)cc3c1B2c1ccc(-n2c4ccccc4c4ccccc42)cc1N3c1c(-c2ccccc2)cc(-c2ccccc2)cc1-c1ccccc1. The van der Waals surface area contributed by atoms with Gasteiger partial charge in [-0.25, -0.2) is 0 Å². The van der Waals surface area contributed by atoms with Crippen LogP contribution in [0, 0.1) is 0 Å². The highest BCUT2D eigenvalue weighted by molar-refractivity contribution is 7.00. The Balaban J connectivity index is 1.03. The molecule has 0 unspecified atom stereocenters. The first-order valence-electron chi connectivity index (χ1n) is 32.2. The Morgan fingerprint density at radius 2 is 0.956 bits per heavy atom. The molecule has 5 heteroatoms. The van der Waals surface area contributed by atoms with E-state index in [4.69, 9.17) is 4.42 Å². The molecule has 13 aromatic carbocycles. The number of anilines is 5. The van der Waals surface area contributed by atoms with Crippen molar-refractivity contribution in [2.45, 2.75) is 52.4 Å². The average Bonchev–Trinajstić information content (AvgIpc) is 1.01. The van der Waals surface area contributed by atoms with E-state index in [9.17, 15) is 0 Å². The molecule has 4 nitrogen and oxygen atoms in total. The molecule has 2 aliphatic rings. The summed E-state index contributed by atoms with van der Waals surface area (Å²) in [4.78, 5) is 2.68. The van der Waals surface area contributed by atoms with Gasteiger partial charge in [-0.1, -0.05) is 253 Å². The molecule has 0 saturated heterocycles. The number of fused-ring (bicyclic) bond motifs is 10. The van der Waals surface area contributed by atoms with Gasteiger partial charge in [0.15, 0.2) is 0 Å². The summed E-state index contributed by atoms with van der Waals surface area (Å²) >= 11 is 0. The summed E-state index contributed by atoms with van der Waals surface area (Å²) in [5, 5.41) is 9.15. The number of furan rings is 1. The molecule has 17 rings (SSSR count). The molecule has 4 heterocycles. The molecular formula is C86H66BN3O. The quantitative estimate of drug-likeness (QED) is 0.131. The Bertz CT molecular complexity index is 5220. The predicted molar refractivity (Wildman–Crippen MR) is 387 cm³/mol. The Morgan fingerprint density at radius 1 is 0.429 bits per heavy atom. The van der Waals surface area contributed by atoms with Crippen LogP contribution >= 0.6 is 0 Å². The number of hydrogen-bond donors (Lipinski definition) is 1. The molecule has 0 saturated carbocycles. The van der Waals surface area contributed by atoms with E-state index < -0.39 is 0 Å². The van der Waals surface area contributed by atoms with Gasteiger partial charge in [-0.15, -0.1) is 0 Å². The van der Waals surface area contributed by atoms with Crippen LogP contribution in [-0.2, 0) is 11.8 Å². The number of unbranched alkanes of at least 4 members (excludes halogenated alkanes) is 1. The maximum absolute atomic E-state index is 6.93. The van der Waals surface area contributed by atoms with Crippen LogP contribution in [0.3, 0.4) is 0 Å². The lowest BCUT2D eigenvalue weighted by Crippen LogP contribution is -2.60. The lowest BCUT2D eigenvalue weighted by Gasteiger charge is -2.43. The van der Waals surface area contributed by atoms with Crippen molar-refractivity contribution in [2.24, 2.45) is 0 Å². The minimum absolute atomic E-state index is 0.210. The first-order valence-corrected chi connectivity index (χ1v) is 32.2. The normalized spacial score (nSPS) is 12.6. The largest absolute Gasteiger partial charge is 0.456 e. The van der Waals surface area contributed by atoms with Gasteiger partial charge in [-0.2, -0.15) is 0 Å². The highest BCUT2D eigenvalue weighted by atomic mass is 16.3. The van der Waals surface area contributed by atoms with Gasteiger partial charge in [0.25, 0.3) is 6.71 Å². The number of hydrogen-bond acceptors (Lipinski definition) is 3. The van der Waals surface area contributed by atoms with Crippen LogP contribution in [0.25, 0.3) is 116 Å². The number of aromatic nitrogens is 1. The second-order valence-electron chi connectivity index (χ2n) is 25.8. The Morgan fingerprint density at radius 3 is 1.55 bits per heavy atom. The fourth-order valence-corrected chi connectivity index (χ4v) is 15.0. The fraction of sp³-hybridized carbons (Fsp3) is 0.0930. The summed E-state index contributed by atoms with van der Waals surface area (Å²) in [6.45, 7) is 9.19. The van der Waals surface area contributed by atoms with Crippen molar-refractivity contribution in [3.05, 3.63) is 296 Å². The van der Waals surface area contributed by atoms with E-state index in [0.717, 1.165) is 109 Å². The van der Waals surface area contributed by atoms with Crippen LogP contribution in [-0.4, -0.2) is 11.3 Å². The van der Waals surface area contributed by atoms with Crippen LogP contribution < -0.4 is 26.6 Å². The molecule has 0 fully saturated rings. The number of rotatable bonds is 11. The second kappa shape index (κ2) is 21.7. The van der Waals surface area contributed by atoms with Crippen molar-refractivity contribution in [3.63, 3.8) is 0 Å². The average molecular weight is 1170 g/mol. The van der Waals surface area contributed by atoms with Crippen LogP contribution in [0.4, 0.5) is 28.4 Å². The summed E-state index contributed by atoms with van der Waals surface area (Å²) in [7, 11) is 0. The topological polar surface area (TPSA) is 33.3 Å². The van der Waals surface area contributed by atoms with Gasteiger partial charge in [0.05, 0.1) is 16.7 Å². The van der Waals surface area contributed by atoms with Crippen LogP contribution in [0.1, 0.15) is 51.7 Å². The number of aryl methyl sites for hydroxylation is 1. The molecule has 0 aliphatic carbocycles. The van der Waals surface area contributed by atoms with Gasteiger partial charge in [0.2, 0.25) is 0 Å². The molecule has 1 N–H and O–H groups in total. The van der Waals surface area contributed by atoms with Crippen molar-refractivity contribution in [2.75, 3.05) is 10.2 Å². The first kappa shape index (κ1) is 54.3. The highest BCUT2D eigenvalue weighted by Crippen LogP contribution is 2.54. The van der Waals surface area contributed by atoms with Crippen molar-refractivity contribution in [1.82, 2.24) is 4.57 Å². The fourth-order valence-electron chi connectivity index (χ4n) is 15.0. The number of nitrogens with zero attached hydrogens (tertiary/aromatic N) is 2. The number of para-hydroxylation sites is 3. The standard InChI is InChI=1S/C86H66BN3O/c1-5-6-28-60-51-79-82(67-41-24-27-44-78(67)91-79)81(59-37-20-11-21-38-59)80(60)70-49-62(56-31-14-8-15-32-56)50-72-84(70)88-73-52-63(86(2,3)4)53-77-83(73)87(72)71-46-45-64(89-74-42-25-22-39-65(74)66-40-23-26-43-75(66)89)54-76(71)90(77)85-68(57-33-16-9-17-34-57)47-61(55-29-12-7-13-30-55)48-69(85)58-35-18-10-19-36-58/h7-27,29-54,88H,5-6,28H2,1-4H3. The third-order valence-electron chi connectivity index (χ3n) is 19.3. The van der Waals surface area contributed by atoms with Gasteiger partial charge >= 0.3 is 0 Å². The first-order chi connectivity index (χ1) is 44.8.